The molecule has 0 aliphatic carbocycles. The van der Waals surface area contributed by atoms with E-state index >= 15 is 0 Å². The van der Waals surface area contributed by atoms with E-state index in [4.69, 9.17) is 0 Å². The molecule has 1 N–H and O–H groups in total. The molecule has 0 spiro atoms. The molecule has 0 atom stereocenters. The minimum Gasteiger partial charge on any atom is -0.469 e. The summed E-state index contributed by atoms with van der Waals surface area (Å²) in [6.45, 7) is 1.49. The van der Waals surface area contributed by atoms with Crippen LogP contribution in [0.25, 0.3) is 0 Å². The van der Waals surface area contributed by atoms with Gasteiger partial charge in [0, 0.05) is 0 Å². The first-order chi connectivity index (χ1) is 2.89. The maximum absolute atomic E-state index is 4.61. The summed E-state index contributed by atoms with van der Waals surface area (Å²) in [4.78, 5) is 0. The lowest BCUT2D eigenvalue weighted by atomic mass is 11.0. The zero-order valence-electron chi connectivity index (χ0n) is 2.94. The average molecular weight is 149 g/mol. The third kappa shape index (κ3) is 0.653. The molecule has 0 bridgehead atoms. The molecule has 1 aliphatic heterocycles. The van der Waals surface area contributed by atoms with Crippen molar-refractivity contribution < 1.29 is 4.74 Å². The van der Waals surface area contributed by atoms with Gasteiger partial charge in [0.25, 0.3) is 0 Å². The number of rotatable bonds is 0. The van der Waals surface area contributed by atoms with E-state index in [0.29, 0.717) is 0 Å². The standard InChI is InChI=1S/C3H3BrNO/c4-3-1-6-2-5-3/h1-2,5H. The van der Waals surface area contributed by atoms with Crippen molar-refractivity contribution in [2.75, 3.05) is 0 Å². The molecule has 3 heteroatoms. The summed E-state index contributed by atoms with van der Waals surface area (Å²) in [7, 11) is 0. The Morgan fingerprint density at radius 1 is 1.83 bits per heavy atom. The van der Waals surface area contributed by atoms with Crippen LogP contribution >= 0.6 is 15.9 Å². The Morgan fingerprint density at radius 3 is 2.83 bits per heavy atom. The van der Waals surface area contributed by atoms with Gasteiger partial charge in [-0.2, -0.15) is 0 Å². The average Bonchev–Trinajstić information content (AvgIpc) is 1.86. The van der Waals surface area contributed by atoms with Crippen molar-refractivity contribution in [2.45, 2.75) is 0 Å². The Kier molecular flexibility index (Phi) is 1.01. The predicted molar refractivity (Wildman–Crippen MR) is 25.5 cm³/mol. The van der Waals surface area contributed by atoms with Crippen LogP contribution in [0.4, 0.5) is 0 Å². The lowest BCUT2D eigenvalue weighted by molar-refractivity contribution is 0.345. The summed E-state index contributed by atoms with van der Waals surface area (Å²) in [6.07, 6.45) is 1.57. The highest BCUT2D eigenvalue weighted by molar-refractivity contribution is 9.11. The van der Waals surface area contributed by atoms with Crippen molar-refractivity contribution in [3.05, 3.63) is 17.6 Å². The topological polar surface area (TPSA) is 21.3 Å². The first kappa shape index (κ1) is 3.99. The van der Waals surface area contributed by atoms with Gasteiger partial charge in [0.15, 0.2) is 0 Å². The molecule has 1 aliphatic rings. The van der Waals surface area contributed by atoms with Crippen molar-refractivity contribution in [1.82, 2.24) is 5.32 Å². The lowest BCUT2D eigenvalue weighted by Crippen LogP contribution is -1.95. The number of hydrogen-bond acceptors (Lipinski definition) is 2. The molecule has 0 aromatic carbocycles. The molecule has 0 unspecified atom stereocenters. The summed E-state index contributed by atoms with van der Waals surface area (Å²) in [6, 6.07) is 0. The zero-order chi connectivity index (χ0) is 4.41. The van der Waals surface area contributed by atoms with Gasteiger partial charge in [0.2, 0.25) is 6.73 Å². The molecule has 0 saturated carbocycles. The number of nitrogens with one attached hydrogen (secondary N) is 1. The molecule has 0 aromatic heterocycles. The highest BCUT2D eigenvalue weighted by Crippen LogP contribution is 2.06. The smallest absolute Gasteiger partial charge is 0.225 e. The fourth-order valence-electron chi connectivity index (χ4n) is 0.218. The van der Waals surface area contributed by atoms with Crippen molar-refractivity contribution >= 4 is 15.9 Å². The van der Waals surface area contributed by atoms with Gasteiger partial charge in [-0.25, -0.2) is 0 Å². The molecule has 0 aromatic rings. The van der Waals surface area contributed by atoms with Crippen LogP contribution in [0.2, 0.25) is 0 Å². The van der Waals surface area contributed by atoms with E-state index in [9.17, 15) is 0 Å². The van der Waals surface area contributed by atoms with Gasteiger partial charge in [-0.1, -0.05) is 0 Å². The molecular formula is C3H3BrNO. The van der Waals surface area contributed by atoms with Crippen molar-refractivity contribution in [2.24, 2.45) is 0 Å². The molecule has 1 rings (SSSR count). The highest BCUT2D eigenvalue weighted by atomic mass is 79.9. The Morgan fingerprint density at radius 2 is 2.67 bits per heavy atom. The first-order valence-corrected chi connectivity index (χ1v) is 2.28. The minimum atomic E-state index is 0.863. The third-order valence-electron chi connectivity index (χ3n) is 0.436. The monoisotopic (exact) mass is 148 g/mol. The van der Waals surface area contributed by atoms with Gasteiger partial charge in [-0.15, -0.1) is 0 Å². The molecular weight excluding hydrogens is 146 g/mol. The van der Waals surface area contributed by atoms with Gasteiger partial charge in [-0.3, -0.25) is 0 Å². The van der Waals surface area contributed by atoms with Gasteiger partial charge in [0.05, 0.1) is 0 Å². The van der Waals surface area contributed by atoms with Gasteiger partial charge < -0.3 is 10.1 Å². The molecule has 2 nitrogen and oxygen atoms in total. The van der Waals surface area contributed by atoms with E-state index in [1.807, 2.05) is 0 Å². The summed E-state index contributed by atoms with van der Waals surface area (Å²) in [5.41, 5.74) is 0. The molecule has 1 radical (unpaired) electrons. The molecule has 0 fully saturated rings. The molecule has 1 heterocycles. The second kappa shape index (κ2) is 1.51. The summed E-state index contributed by atoms with van der Waals surface area (Å²) < 4.78 is 5.48. The van der Waals surface area contributed by atoms with Gasteiger partial charge >= 0.3 is 0 Å². The van der Waals surface area contributed by atoms with E-state index in [2.05, 4.69) is 26.0 Å². The second-order valence-corrected chi connectivity index (χ2v) is 1.72. The van der Waals surface area contributed by atoms with Crippen molar-refractivity contribution in [3.8, 4) is 0 Å². The fraction of sp³-hybridized carbons (Fsp3) is 0. The SMILES string of the molecule is BrC1=CO[CH]N1. The van der Waals surface area contributed by atoms with E-state index < -0.39 is 0 Å². The number of halogens is 1. The third-order valence-corrected chi connectivity index (χ3v) is 0.852. The van der Waals surface area contributed by atoms with Crippen LogP contribution in [0.15, 0.2) is 10.9 Å². The molecule has 33 valence electrons. The van der Waals surface area contributed by atoms with E-state index in [1.54, 1.807) is 6.26 Å². The lowest BCUT2D eigenvalue weighted by Gasteiger charge is -1.83. The maximum Gasteiger partial charge on any atom is 0.225 e. The van der Waals surface area contributed by atoms with Gasteiger partial charge in [-0.05, 0) is 15.9 Å². The molecule has 0 saturated heterocycles. The summed E-state index contributed by atoms with van der Waals surface area (Å²) >= 11 is 3.13. The molecule has 6 heavy (non-hydrogen) atoms. The summed E-state index contributed by atoms with van der Waals surface area (Å²) in [5, 5.41) is 2.75. The maximum atomic E-state index is 4.61. The normalized spacial score (nSPS) is 18.5. The predicted octanol–water partition coefficient (Wildman–Crippen LogP) is 0.919. The van der Waals surface area contributed by atoms with Crippen LogP contribution in [0.3, 0.4) is 0 Å². The second-order valence-electron chi connectivity index (χ2n) is 0.864. The van der Waals surface area contributed by atoms with Gasteiger partial charge in [0.1, 0.15) is 10.9 Å². The first-order valence-electron chi connectivity index (χ1n) is 1.49. The Labute approximate surface area is 44.3 Å². The van der Waals surface area contributed by atoms with Crippen molar-refractivity contribution in [1.29, 1.82) is 0 Å². The minimum absolute atomic E-state index is 0.863. The quantitative estimate of drug-likeness (QED) is 0.517. The Balaban J connectivity index is 2.45. The van der Waals surface area contributed by atoms with Crippen LogP contribution in [-0.2, 0) is 4.74 Å². The van der Waals surface area contributed by atoms with E-state index in [0.717, 1.165) is 4.61 Å². The zero-order valence-corrected chi connectivity index (χ0v) is 4.53. The van der Waals surface area contributed by atoms with Crippen molar-refractivity contribution in [3.63, 3.8) is 0 Å². The van der Waals surface area contributed by atoms with E-state index in [-0.39, 0.29) is 0 Å². The van der Waals surface area contributed by atoms with E-state index in [1.165, 1.54) is 6.73 Å². The van der Waals surface area contributed by atoms with Crippen LogP contribution in [0.5, 0.6) is 0 Å². The summed E-state index contributed by atoms with van der Waals surface area (Å²) in [5.74, 6) is 0. The van der Waals surface area contributed by atoms with Crippen LogP contribution in [0.1, 0.15) is 0 Å². The number of hydrogen-bond donors (Lipinski definition) is 1. The molecule has 0 amide bonds. The number of ether oxygens (including phenoxy) is 1. The van der Waals surface area contributed by atoms with Crippen LogP contribution in [0, 0.1) is 6.73 Å². The Bertz CT molecular complexity index is 80.9. The van der Waals surface area contributed by atoms with Crippen LogP contribution in [-0.4, -0.2) is 0 Å². The Hall–Kier alpha value is -0.180. The largest absolute Gasteiger partial charge is 0.469 e. The fourth-order valence-corrected chi connectivity index (χ4v) is 0.419. The highest BCUT2D eigenvalue weighted by Gasteiger charge is 1.96. The van der Waals surface area contributed by atoms with Crippen LogP contribution < -0.4 is 5.32 Å².